The van der Waals surface area contributed by atoms with Crippen LogP contribution in [0.15, 0.2) is 23.1 Å². The molecule has 1 amide bonds. The molecule has 0 atom stereocenters. The Labute approximate surface area is 131 Å². The van der Waals surface area contributed by atoms with Crippen molar-refractivity contribution < 1.29 is 17.9 Å². The summed E-state index contributed by atoms with van der Waals surface area (Å²) in [6, 6.07) is 4.36. The third-order valence-corrected chi connectivity index (χ3v) is 4.88. The van der Waals surface area contributed by atoms with Crippen LogP contribution in [0, 0.1) is 0 Å². The lowest BCUT2D eigenvalue weighted by Crippen LogP contribution is -2.48. The average Bonchev–Trinajstić information content (AvgIpc) is 2.34. The van der Waals surface area contributed by atoms with Crippen molar-refractivity contribution in [3.8, 4) is 5.75 Å². The molecule has 6 nitrogen and oxygen atoms in total. The molecule has 122 valence electrons. The molecule has 0 aromatic heterocycles. The Balaban J connectivity index is 2.50. The molecule has 1 N–H and O–H groups in total. The van der Waals surface area contributed by atoms with E-state index in [-0.39, 0.29) is 16.8 Å². The molecule has 0 saturated carbocycles. The SMILES string of the molecule is CC(=O)N1CC(C)(C)Oc2ccc(S(=O)(=O)NC(C)C)cc21. The van der Waals surface area contributed by atoms with Crippen LogP contribution < -0.4 is 14.4 Å². The number of anilines is 1. The maximum Gasteiger partial charge on any atom is 0.240 e. The van der Waals surface area contributed by atoms with Gasteiger partial charge in [0.1, 0.15) is 11.4 Å². The van der Waals surface area contributed by atoms with Crippen LogP contribution in [-0.2, 0) is 14.8 Å². The fraction of sp³-hybridized carbons (Fsp3) is 0.533. The van der Waals surface area contributed by atoms with E-state index < -0.39 is 15.6 Å². The van der Waals surface area contributed by atoms with Gasteiger partial charge in [0, 0.05) is 13.0 Å². The zero-order chi connectivity index (χ0) is 16.7. The Morgan fingerprint density at radius 3 is 2.55 bits per heavy atom. The van der Waals surface area contributed by atoms with Gasteiger partial charge in [-0.05, 0) is 45.9 Å². The third kappa shape index (κ3) is 3.41. The number of rotatable bonds is 3. The minimum Gasteiger partial charge on any atom is -0.484 e. The second kappa shape index (κ2) is 5.55. The largest absolute Gasteiger partial charge is 0.484 e. The Hall–Kier alpha value is -1.60. The fourth-order valence-electron chi connectivity index (χ4n) is 2.42. The van der Waals surface area contributed by atoms with Crippen LogP contribution in [-0.4, -0.2) is 32.5 Å². The number of nitrogens with one attached hydrogen (secondary N) is 1. The van der Waals surface area contributed by atoms with Crippen LogP contribution in [0.4, 0.5) is 5.69 Å². The van der Waals surface area contributed by atoms with E-state index in [9.17, 15) is 13.2 Å². The first-order valence-corrected chi connectivity index (χ1v) is 8.64. The third-order valence-electron chi connectivity index (χ3n) is 3.23. The lowest BCUT2D eigenvalue weighted by molar-refractivity contribution is -0.117. The van der Waals surface area contributed by atoms with E-state index in [0.717, 1.165) is 0 Å². The van der Waals surface area contributed by atoms with Crippen molar-refractivity contribution in [3.63, 3.8) is 0 Å². The number of sulfonamides is 1. The molecule has 7 heteroatoms. The molecule has 1 aromatic carbocycles. The molecule has 1 aliphatic rings. The number of fused-ring (bicyclic) bond motifs is 1. The molecule has 0 aliphatic carbocycles. The number of carbonyl (C=O) groups is 1. The molecular weight excluding hydrogens is 304 g/mol. The fourth-order valence-corrected chi connectivity index (χ4v) is 3.69. The van der Waals surface area contributed by atoms with Crippen molar-refractivity contribution in [2.75, 3.05) is 11.4 Å². The smallest absolute Gasteiger partial charge is 0.240 e. The van der Waals surface area contributed by atoms with E-state index in [0.29, 0.717) is 18.0 Å². The Morgan fingerprint density at radius 1 is 1.36 bits per heavy atom. The van der Waals surface area contributed by atoms with E-state index in [1.807, 2.05) is 13.8 Å². The number of carbonyl (C=O) groups excluding carboxylic acids is 1. The van der Waals surface area contributed by atoms with E-state index in [4.69, 9.17) is 4.74 Å². The molecule has 1 heterocycles. The summed E-state index contributed by atoms with van der Waals surface area (Å²) in [5, 5.41) is 0. The average molecular weight is 326 g/mol. The second-order valence-electron chi connectivity index (χ2n) is 6.37. The van der Waals surface area contributed by atoms with Crippen molar-refractivity contribution in [3.05, 3.63) is 18.2 Å². The molecule has 0 unspecified atom stereocenters. The summed E-state index contributed by atoms with van der Waals surface area (Å²) in [6.45, 7) is 9.11. The van der Waals surface area contributed by atoms with Gasteiger partial charge in [0.25, 0.3) is 0 Å². The van der Waals surface area contributed by atoms with Crippen LogP contribution in [0.1, 0.15) is 34.6 Å². The summed E-state index contributed by atoms with van der Waals surface area (Å²) in [5.41, 5.74) is -0.0339. The van der Waals surface area contributed by atoms with Crippen molar-refractivity contribution in [2.24, 2.45) is 0 Å². The predicted molar refractivity (Wildman–Crippen MR) is 84.6 cm³/mol. The van der Waals surface area contributed by atoms with E-state index in [1.165, 1.54) is 19.1 Å². The highest BCUT2D eigenvalue weighted by Crippen LogP contribution is 2.38. The first-order valence-electron chi connectivity index (χ1n) is 7.15. The maximum absolute atomic E-state index is 12.3. The summed E-state index contributed by atoms with van der Waals surface area (Å²) >= 11 is 0. The summed E-state index contributed by atoms with van der Waals surface area (Å²) in [7, 11) is -3.61. The number of nitrogens with zero attached hydrogens (tertiary/aromatic N) is 1. The van der Waals surface area contributed by atoms with Crippen molar-refractivity contribution in [1.82, 2.24) is 4.72 Å². The highest BCUT2D eigenvalue weighted by atomic mass is 32.2. The molecule has 0 spiro atoms. The van der Waals surface area contributed by atoms with Gasteiger partial charge in [-0.3, -0.25) is 4.79 Å². The van der Waals surface area contributed by atoms with Gasteiger partial charge in [-0.2, -0.15) is 0 Å². The first-order chi connectivity index (χ1) is 10.0. The monoisotopic (exact) mass is 326 g/mol. The second-order valence-corrected chi connectivity index (χ2v) is 8.09. The Kier molecular flexibility index (Phi) is 4.23. The van der Waals surface area contributed by atoms with Gasteiger partial charge in [0.15, 0.2) is 0 Å². The number of benzene rings is 1. The van der Waals surface area contributed by atoms with Gasteiger partial charge >= 0.3 is 0 Å². The minimum absolute atomic E-state index is 0.120. The quantitative estimate of drug-likeness (QED) is 0.920. The molecule has 2 rings (SSSR count). The van der Waals surface area contributed by atoms with E-state index >= 15 is 0 Å². The van der Waals surface area contributed by atoms with Crippen LogP contribution in [0.5, 0.6) is 5.75 Å². The molecule has 1 aliphatic heterocycles. The minimum atomic E-state index is -3.61. The van der Waals surface area contributed by atoms with Crippen molar-refractivity contribution in [1.29, 1.82) is 0 Å². The van der Waals surface area contributed by atoms with Crippen molar-refractivity contribution in [2.45, 2.75) is 51.2 Å². The Morgan fingerprint density at radius 2 is 2.00 bits per heavy atom. The van der Waals surface area contributed by atoms with Crippen LogP contribution >= 0.6 is 0 Å². The number of ether oxygens (including phenoxy) is 1. The summed E-state index contributed by atoms with van der Waals surface area (Å²) in [4.78, 5) is 13.6. The van der Waals surface area contributed by atoms with Gasteiger partial charge in [0.2, 0.25) is 15.9 Å². The van der Waals surface area contributed by atoms with E-state index in [1.54, 1.807) is 24.8 Å². The molecule has 0 radical (unpaired) electrons. The molecule has 22 heavy (non-hydrogen) atoms. The topological polar surface area (TPSA) is 75.7 Å². The summed E-state index contributed by atoms with van der Waals surface area (Å²) < 4.78 is 32.9. The number of hydrogen-bond donors (Lipinski definition) is 1. The van der Waals surface area contributed by atoms with E-state index in [2.05, 4.69) is 4.72 Å². The first kappa shape index (κ1) is 16.8. The zero-order valence-corrected chi connectivity index (χ0v) is 14.3. The van der Waals surface area contributed by atoms with Crippen LogP contribution in [0.25, 0.3) is 0 Å². The lowest BCUT2D eigenvalue weighted by atomic mass is 10.1. The highest BCUT2D eigenvalue weighted by molar-refractivity contribution is 7.89. The van der Waals surface area contributed by atoms with Crippen LogP contribution in [0.3, 0.4) is 0 Å². The van der Waals surface area contributed by atoms with Gasteiger partial charge in [0.05, 0.1) is 17.1 Å². The van der Waals surface area contributed by atoms with Crippen LogP contribution in [0.2, 0.25) is 0 Å². The zero-order valence-electron chi connectivity index (χ0n) is 13.5. The standard InChI is InChI=1S/C15H22N2O4S/c1-10(2)16-22(19,20)12-6-7-14-13(8-12)17(11(3)18)9-15(4,5)21-14/h6-8,10,16H,9H2,1-5H3. The molecular formula is C15H22N2O4S. The number of hydrogen-bond acceptors (Lipinski definition) is 4. The predicted octanol–water partition coefficient (Wildman–Crippen LogP) is 1.90. The van der Waals surface area contributed by atoms with Crippen molar-refractivity contribution >= 4 is 21.6 Å². The molecule has 1 aromatic rings. The summed E-state index contributed by atoms with van der Waals surface area (Å²) in [6.07, 6.45) is 0. The highest BCUT2D eigenvalue weighted by Gasteiger charge is 2.34. The van der Waals surface area contributed by atoms with Gasteiger partial charge < -0.3 is 9.64 Å². The molecule has 0 fully saturated rings. The number of amides is 1. The molecule has 0 saturated heterocycles. The van der Waals surface area contributed by atoms with Gasteiger partial charge in [-0.25, -0.2) is 13.1 Å². The normalized spacial score (nSPS) is 17.1. The van der Waals surface area contributed by atoms with Gasteiger partial charge in [-0.15, -0.1) is 0 Å². The maximum atomic E-state index is 12.3. The summed E-state index contributed by atoms with van der Waals surface area (Å²) in [5.74, 6) is 0.360. The lowest BCUT2D eigenvalue weighted by Gasteiger charge is -2.39. The molecule has 0 bridgehead atoms. The Bertz CT molecular complexity index is 695. The van der Waals surface area contributed by atoms with Gasteiger partial charge in [-0.1, -0.05) is 0 Å².